The van der Waals surface area contributed by atoms with Crippen LogP contribution in [0.5, 0.6) is 0 Å². The van der Waals surface area contributed by atoms with Crippen LogP contribution < -0.4 is 4.57 Å². The quantitative estimate of drug-likeness (QED) is 0.467. The molecule has 3 aromatic rings. The van der Waals surface area contributed by atoms with E-state index in [2.05, 4.69) is 81.7 Å². The SMILES string of the molecule is CC.CCCc1ccc2ccc3[n+](c2c1)C(C)(C)c1c(C)cc(C)cc1-3. The van der Waals surface area contributed by atoms with Crippen LogP contribution in [-0.4, -0.2) is 0 Å². The standard InChI is InChI=1S/C23H26N.C2H6/c1-6-7-17-8-9-18-10-11-20-19-13-15(2)12-16(3)22(19)23(4,5)24(20)21(18)14-17;1-2/h8-14H,6-7H2,1-5H3;1-2H3/q+1;. The molecule has 1 aromatic heterocycles. The Morgan fingerprint density at radius 2 is 1.62 bits per heavy atom. The summed E-state index contributed by atoms with van der Waals surface area (Å²) in [6.45, 7) is 15.4. The Hall–Kier alpha value is -2.15. The van der Waals surface area contributed by atoms with Crippen molar-refractivity contribution in [3.63, 3.8) is 0 Å². The van der Waals surface area contributed by atoms with Crippen LogP contribution >= 0.6 is 0 Å². The number of aryl methyl sites for hydroxylation is 3. The Labute approximate surface area is 158 Å². The number of pyridine rings is 1. The van der Waals surface area contributed by atoms with Crippen molar-refractivity contribution in [3.8, 4) is 11.3 Å². The maximum absolute atomic E-state index is 2.55. The topological polar surface area (TPSA) is 3.88 Å². The van der Waals surface area contributed by atoms with Gasteiger partial charge in [-0.15, -0.1) is 0 Å². The molecule has 136 valence electrons. The van der Waals surface area contributed by atoms with E-state index in [4.69, 9.17) is 0 Å². The van der Waals surface area contributed by atoms with Crippen molar-refractivity contribution in [2.75, 3.05) is 0 Å². The number of hydrogen-bond donors (Lipinski definition) is 0. The molecule has 0 unspecified atom stereocenters. The molecule has 2 heterocycles. The van der Waals surface area contributed by atoms with Crippen molar-refractivity contribution in [1.29, 1.82) is 0 Å². The van der Waals surface area contributed by atoms with Gasteiger partial charge in [0, 0.05) is 36.9 Å². The highest BCUT2D eigenvalue weighted by Crippen LogP contribution is 2.41. The van der Waals surface area contributed by atoms with Crippen LogP contribution in [0.15, 0.2) is 42.5 Å². The summed E-state index contributed by atoms with van der Waals surface area (Å²) in [5.74, 6) is 0. The number of fused-ring (bicyclic) bond motifs is 5. The second-order valence-corrected chi connectivity index (χ2v) is 7.76. The van der Waals surface area contributed by atoms with E-state index in [1.165, 1.54) is 50.8 Å². The second kappa shape index (κ2) is 6.87. The maximum Gasteiger partial charge on any atom is 0.214 e. The maximum atomic E-state index is 2.55. The largest absolute Gasteiger partial charge is 0.214 e. The van der Waals surface area contributed by atoms with Crippen molar-refractivity contribution in [1.82, 2.24) is 0 Å². The van der Waals surface area contributed by atoms with Gasteiger partial charge >= 0.3 is 0 Å². The predicted molar refractivity (Wildman–Crippen MR) is 113 cm³/mol. The summed E-state index contributed by atoms with van der Waals surface area (Å²) in [7, 11) is 0. The summed E-state index contributed by atoms with van der Waals surface area (Å²) in [6.07, 6.45) is 2.33. The van der Waals surface area contributed by atoms with Gasteiger partial charge in [-0.25, -0.2) is 0 Å². The molecule has 26 heavy (non-hydrogen) atoms. The van der Waals surface area contributed by atoms with Gasteiger partial charge in [0.15, 0.2) is 5.54 Å². The molecule has 0 aliphatic carbocycles. The van der Waals surface area contributed by atoms with E-state index in [0.29, 0.717) is 0 Å². The molecule has 0 spiro atoms. The minimum Gasteiger partial charge on any atom is -0.182 e. The average molecular weight is 347 g/mol. The number of rotatable bonds is 2. The Balaban J connectivity index is 0.000000948. The van der Waals surface area contributed by atoms with Crippen LogP contribution in [0.2, 0.25) is 0 Å². The van der Waals surface area contributed by atoms with E-state index in [1.807, 2.05) is 13.8 Å². The summed E-state index contributed by atoms with van der Waals surface area (Å²) < 4.78 is 2.55. The van der Waals surface area contributed by atoms with Gasteiger partial charge in [-0.05, 0) is 55.2 Å². The fraction of sp³-hybridized carbons (Fsp3) is 0.400. The first-order valence-corrected chi connectivity index (χ1v) is 10.0. The smallest absolute Gasteiger partial charge is 0.182 e. The normalized spacial score (nSPS) is 13.8. The lowest BCUT2D eigenvalue weighted by Gasteiger charge is -2.18. The summed E-state index contributed by atoms with van der Waals surface area (Å²) in [5.41, 5.74) is 9.74. The molecular weight excluding hydrogens is 314 g/mol. The zero-order valence-electron chi connectivity index (χ0n) is 17.4. The van der Waals surface area contributed by atoms with Crippen LogP contribution in [0.25, 0.3) is 22.2 Å². The highest BCUT2D eigenvalue weighted by Gasteiger charge is 2.45. The third kappa shape index (κ3) is 2.74. The lowest BCUT2D eigenvalue weighted by molar-refractivity contribution is -0.707. The van der Waals surface area contributed by atoms with Gasteiger partial charge in [0.1, 0.15) is 0 Å². The summed E-state index contributed by atoms with van der Waals surface area (Å²) in [5, 5.41) is 1.33. The van der Waals surface area contributed by atoms with Crippen molar-refractivity contribution in [2.45, 2.75) is 66.8 Å². The molecule has 0 radical (unpaired) electrons. The van der Waals surface area contributed by atoms with Crippen molar-refractivity contribution in [2.24, 2.45) is 0 Å². The van der Waals surface area contributed by atoms with Crippen LogP contribution in [-0.2, 0) is 12.0 Å². The van der Waals surface area contributed by atoms with E-state index in [0.717, 1.165) is 6.42 Å². The molecule has 4 rings (SSSR count). The average Bonchev–Trinajstić information content (AvgIpc) is 2.84. The van der Waals surface area contributed by atoms with Gasteiger partial charge in [-0.1, -0.05) is 39.3 Å². The van der Waals surface area contributed by atoms with Crippen LogP contribution in [0.3, 0.4) is 0 Å². The lowest BCUT2D eigenvalue weighted by Crippen LogP contribution is -2.51. The highest BCUT2D eigenvalue weighted by atomic mass is 15.1. The van der Waals surface area contributed by atoms with Gasteiger partial charge in [0.05, 0.1) is 5.56 Å². The lowest BCUT2D eigenvalue weighted by atomic mass is 9.88. The Morgan fingerprint density at radius 3 is 2.31 bits per heavy atom. The molecule has 0 saturated carbocycles. The third-order valence-corrected chi connectivity index (χ3v) is 5.46. The Bertz CT molecular complexity index is 964. The summed E-state index contributed by atoms with van der Waals surface area (Å²) in [6, 6.07) is 16.2. The highest BCUT2D eigenvalue weighted by molar-refractivity contribution is 5.80. The van der Waals surface area contributed by atoms with E-state index < -0.39 is 0 Å². The first-order valence-electron chi connectivity index (χ1n) is 10.0. The molecule has 1 aliphatic heterocycles. The van der Waals surface area contributed by atoms with Gasteiger partial charge < -0.3 is 0 Å². The van der Waals surface area contributed by atoms with Crippen molar-refractivity contribution < 1.29 is 4.57 Å². The number of nitrogens with zero attached hydrogens (tertiary/aromatic N) is 1. The van der Waals surface area contributed by atoms with Crippen molar-refractivity contribution >= 4 is 10.9 Å². The van der Waals surface area contributed by atoms with Crippen LogP contribution in [0.1, 0.15) is 63.3 Å². The minimum absolute atomic E-state index is 0.0210. The van der Waals surface area contributed by atoms with Crippen molar-refractivity contribution in [3.05, 3.63) is 64.7 Å². The molecule has 0 fully saturated rings. The predicted octanol–water partition coefficient (Wildman–Crippen LogP) is 6.49. The zero-order chi connectivity index (χ0) is 19.1. The number of aromatic nitrogens is 1. The monoisotopic (exact) mass is 346 g/mol. The molecule has 2 aromatic carbocycles. The Kier molecular flexibility index (Phi) is 4.92. The fourth-order valence-electron chi connectivity index (χ4n) is 4.65. The van der Waals surface area contributed by atoms with Crippen LogP contribution in [0.4, 0.5) is 0 Å². The Morgan fingerprint density at radius 1 is 0.923 bits per heavy atom. The van der Waals surface area contributed by atoms with E-state index >= 15 is 0 Å². The van der Waals surface area contributed by atoms with E-state index in [-0.39, 0.29) is 5.54 Å². The van der Waals surface area contributed by atoms with E-state index in [9.17, 15) is 0 Å². The molecular formula is C25H32N+. The molecule has 0 saturated heterocycles. The first-order chi connectivity index (χ1) is 12.4. The van der Waals surface area contributed by atoms with Crippen LogP contribution in [0, 0.1) is 13.8 Å². The molecule has 0 N–H and O–H groups in total. The summed E-state index contributed by atoms with van der Waals surface area (Å²) >= 11 is 0. The third-order valence-electron chi connectivity index (χ3n) is 5.46. The first kappa shape index (κ1) is 18.6. The van der Waals surface area contributed by atoms with Gasteiger partial charge in [-0.3, -0.25) is 0 Å². The van der Waals surface area contributed by atoms with Gasteiger partial charge in [-0.2, -0.15) is 4.57 Å². The zero-order valence-corrected chi connectivity index (χ0v) is 17.4. The summed E-state index contributed by atoms with van der Waals surface area (Å²) in [4.78, 5) is 0. The molecule has 1 aliphatic rings. The van der Waals surface area contributed by atoms with Gasteiger partial charge in [0.25, 0.3) is 0 Å². The molecule has 1 heteroatoms. The molecule has 1 nitrogen and oxygen atoms in total. The van der Waals surface area contributed by atoms with E-state index in [1.54, 1.807) is 0 Å². The number of hydrogen-bond acceptors (Lipinski definition) is 0. The van der Waals surface area contributed by atoms with Gasteiger partial charge in [0.2, 0.25) is 11.2 Å². The second-order valence-electron chi connectivity index (χ2n) is 7.76. The minimum atomic E-state index is -0.0210. The fourth-order valence-corrected chi connectivity index (χ4v) is 4.65. The molecule has 0 atom stereocenters. The molecule has 0 bridgehead atoms. The molecule has 0 amide bonds. The number of benzene rings is 2.